The van der Waals surface area contributed by atoms with Crippen LogP contribution in [0.1, 0.15) is 129 Å². The largest absolute Gasteiger partial charge is 0.472 e. The van der Waals surface area contributed by atoms with Crippen LogP contribution in [0.5, 0.6) is 0 Å². The van der Waals surface area contributed by atoms with E-state index in [4.69, 9.17) is 24.3 Å². The highest BCUT2D eigenvalue weighted by Crippen LogP contribution is 2.43. The summed E-state index contributed by atoms with van der Waals surface area (Å²) >= 11 is 0. The Kier molecular flexibility index (Phi) is 37.5. The van der Waals surface area contributed by atoms with E-state index in [1.807, 2.05) is 24.3 Å². The molecule has 0 rings (SSSR count). The molecule has 0 fully saturated rings. The molecule has 0 aromatic carbocycles. The molecule has 5 N–H and O–H groups in total. The molecule has 0 aliphatic heterocycles. The van der Waals surface area contributed by atoms with Crippen LogP contribution < -0.4 is 5.73 Å². The standard InChI is InChI=1S/C45H74NO10P/c1-3-5-7-9-11-13-15-17-18-19-20-21-23-25-27-29-31-35-44(49)53-39-41(40-55-57(51,52)54-38-37-46)56-45(50)36-32-34-43(48)42(47)33-30-28-26-24-22-16-14-12-10-8-6-4-2/h5,7,11-14,17-18,20-22,24-25,27-28,30,41-43,47-48H,3-4,6,8-10,15-16,19,23,26,29,31-40,46H2,1-2H3,(H,51,52)/b7-5-,13-11-,14-12-,18-17-,21-20-,24-22-,27-25-,30-28-/t41-,42?,43?/m1/s1. The molecule has 11 nitrogen and oxygen atoms in total. The number of carbonyl (C=O) groups is 2. The van der Waals surface area contributed by atoms with Gasteiger partial charge in [-0.05, 0) is 89.9 Å². The Bertz CT molecular complexity index is 1290. The third-order valence-corrected chi connectivity index (χ3v) is 9.14. The van der Waals surface area contributed by atoms with Gasteiger partial charge in [-0.15, -0.1) is 0 Å². The number of carbonyl (C=O) groups excluding carboxylic acids is 2. The smallest absolute Gasteiger partial charge is 0.462 e. The fourth-order valence-corrected chi connectivity index (χ4v) is 5.71. The Balaban J connectivity index is 4.55. The van der Waals surface area contributed by atoms with Crippen molar-refractivity contribution in [3.05, 3.63) is 97.2 Å². The second-order valence-corrected chi connectivity index (χ2v) is 14.9. The van der Waals surface area contributed by atoms with Gasteiger partial charge in [0, 0.05) is 19.4 Å². The second-order valence-electron chi connectivity index (χ2n) is 13.4. The van der Waals surface area contributed by atoms with E-state index in [9.17, 15) is 29.3 Å². The van der Waals surface area contributed by atoms with Crippen molar-refractivity contribution in [1.82, 2.24) is 0 Å². The maximum atomic E-state index is 12.6. The lowest BCUT2D eigenvalue weighted by molar-refractivity contribution is -0.161. The van der Waals surface area contributed by atoms with Gasteiger partial charge in [-0.2, -0.15) is 0 Å². The molecular weight excluding hydrogens is 745 g/mol. The molecule has 0 aliphatic rings. The van der Waals surface area contributed by atoms with E-state index in [0.29, 0.717) is 12.8 Å². The van der Waals surface area contributed by atoms with E-state index in [0.717, 1.165) is 51.4 Å². The normalized spacial score (nSPS) is 15.4. The number of nitrogens with two attached hydrogens (primary N) is 1. The van der Waals surface area contributed by atoms with Gasteiger partial charge in [0.25, 0.3) is 0 Å². The molecule has 0 aliphatic carbocycles. The van der Waals surface area contributed by atoms with Crippen LogP contribution in [0.25, 0.3) is 0 Å². The van der Waals surface area contributed by atoms with Crippen LogP contribution >= 0.6 is 7.82 Å². The molecule has 57 heavy (non-hydrogen) atoms. The van der Waals surface area contributed by atoms with Crippen LogP contribution in [0.2, 0.25) is 0 Å². The SMILES string of the molecule is CC/C=C\C/C=C\C/C=C\C/C=C\C/C=C\CCCC(=O)OC[C@H](COP(=O)(O)OCCN)OC(=O)CCCC(O)C(O)C/C=C\C/C=C\C/C=C\CCCCC. The number of aliphatic hydroxyl groups excluding tert-OH is 2. The summed E-state index contributed by atoms with van der Waals surface area (Å²) in [5.74, 6) is -1.19. The van der Waals surface area contributed by atoms with Crippen molar-refractivity contribution in [2.75, 3.05) is 26.4 Å². The predicted octanol–water partition coefficient (Wildman–Crippen LogP) is 9.77. The zero-order valence-corrected chi connectivity index (χ0v) is 35.6. The van der Waals surface area contributed by atoms with Crippen LogP contribution in [-0.2, 0) is 32.7 Å². The number of phosphoric acid groups is 1. The van der Waals surface area contributed by atoms with Crippen molar-refractivity contribution in [3.8, 4) is 0 Å². The molecular formula is C45H74NO10P. The van der Waals surface area contributed by atoms with Crippen LogP contribution in [0.4, 0.5) is 0 Å². The lowest BCUT2D eigenvalue weighted by Gasteiger charge is -2.20. The van der Waals surface area contributed by atoms with Crippen molar-refractivity contribution < 1.29 is 47.8 Å². The molecule has 12 heteroatoms. The highest BCUT2D eigenvalue weighted by atomic mass is 31.2. The van der Waals surface area contributed by atoms with Gasteiger partial charge in [-0.1, -0.05) is 124 Å². The maximum Gasteiger partial charge on any atom is 0.472 e. The molecule has 0 bridgehead atoms. The number of phosphoric ester groups is 1. The van der Waals surface area contributed by atoms with E-state index in [2.05, 4.69) is 86.8 Å². The van der Waals surface area contributed by atoms with Gasteiger partial charge in [0.05, 0.1) is 25.4 Å². The number of unbranched alkanes of at least 4 members (excludes halogenated alkanes) is 4. The molecule has 0 radical (unpaired) electrons. The topological polar surface area (TPSA) is 175 Å². The zero-order valence-electron chi connectivity index (χ0n) is 34.7. The first-order chi connectivity index (χ1) is 27.6. The van der Waals surface area contributed by atoms with E-state index in [1.54, 1.807) is 0 Å². The van der Waals surface area contributed by atoms with Crippen molar-refractivity contribution in [1.29, 1.82) is 0 Å². The minimum atomic E-state index is -4.48. The van der Waals surface area contributed by atoms with Crippen molar-refractivity contribution in [2.24, 2.45) is 5.73 Å². The van der Waals surface area contributed by atoms with E-state index in [-0.39, 0.29) is 51.9 Å². The zero-order chi connectivity index (χ0) is 42.1. The number of hydrogen-bond donors (Lipinski definition) is 4. The van der Waals surface area contributed by atoms with Gasteiger partial charge in [-0.3, -0.25) is 18.6 Å². The first kappa shape index (κ1) is 53.9. The summed E-state index contributed by atoms with van der Waals surface area (Å²) in [4.78, 5) is 34.9. The van der Waals surface area contributed by atoms with Gasteiger partial charge >= 0.3 is 19.8 Å². The number of ether oxygens (including phenoxy) is 2. The summed E-state index contributed by atoms with van der Waals surface area (Å²) in [6.45, 7) is 3.15. The molecule has 4 atom stereocenters. The van der Waals surface area contributed by atoms with Crippen LogP contribution in [0.3, 0.4) is 0 Å². The summed E-state index contributed by atoms with van der Waals surface area (Å²) in [6.07, 6.45) is 43.3. The Morgan fingerprint density at radius 2 is 1.12 bits per heavy atom. The number of aliphatic hydroxyl groups is 2. The fourth-order valence-electron chi connectivity index (χ4n) is 4.95. The van der Waals surface area contributed by atoms with E-state index in [1.165, 1.54) is 19.3 Å². The molecule has 0 spiro atoms. The average Bonchev–Trinajstić information content (AvgIpc) is 3.19. The van der Waals surface area contributed by atoms with Crippen LogP contribution in [0, 0.1) is 0 Å². The Hall–Kier alpha value is -3.15. The third kappa shape index (κ3) is 38.2. The highest BCUT2D eigenvalue weighted by Gasteiger charge is 2.26. The minimum Gasteiger partial charge on any atom is -0.462 e. The number of allylic oxidation sites excluding steroid dienone is 15. The van der Waals surface area contributed by atoms with Crippen molar-refractivity contribution in [2.45, 2.75) is 148 Å². The highest BCUT2D eigenvalue weighted by molar-refractivity contribution is 7.47. The lowest BCUT2D eigenvalue weighted by atomic mass is 10.0. The molecule has 0 saturated heterocycles. The quantitative estimate of drug-likeness (QED) is 0.0203. The van der Waals surface area contributed by atoms with Crippen molar-refractivity contribution in [3.63, 3.8) is 0 Å². The predicted molar refractivity (Wildman–Crippen MR) is 231 cm³/mol. The molecule has 0 heterocycles. The summed E-state index contributed by atoms with van der Waals surface area (Å²) in [5, 5.41) is 20.7. The van der Waals surface area contributed by atoms with Gasteiger partial charge in [0.1, 0.15) is 6.61 Å². The molecule has 3 unspecified atom stereocenters. The Morgan fingerprint density at radius 3 is 1.67 bits per heavy atom. The Labute approximate surface area is 343 Å². The van der Waals surface area contributed by atoms with Crippen LogP contribution in [0.15, 0.2) is 97.2 Å². The van der Waals surface area contributed by atoms with Gasteiger partial charge in [0.15, 0.2) is 6.10 Å². The second kappa shape index (κ2) is 39.7. The van der Waals surface area contributed by atoms with Crippen LogP contribution in [-0.4, -0.2) is 71.7 Å². The molecule has 0 amide bonds. The summed E-state index contributed by atoms with van der Waals surface area (Å²) < 4.78 is 32.5. The summed E-state index contributed by atoms with van der Waals surface area (Å²) in [7, 11) is -4.48. The number of hydrogen-bond acceptors (Lipinski definition) is 10. The Morgan fingerprint density at radius 1 is 0.614 bits per heavy atom. The minimum absolute atomic E-state index is 0.00486. The average molecular weight is 820 g/mol. The number of esters is 2. The third-order valence-electron chi connectivity index (χ3n) is 8.15. The maximum absolute atomic E-state index is 12.6. The molecule has 0 aromatic rings. The number of rotatable bonds is 37. The van der Waals surface area contributed by atoms with E-state index >= 15 is 0 Å². The summed E-state index contributed by atoms with van der Waals surface area (Å²) in [6, 6.07) is 0. The van der Waals surface area contributed by atoms with Crippen molar-refractivity contribution >= 4 is 19.8 Å². The monoisotopic (exact) mass is 820 g/mol. The first-order valence-electron chi connectivity index (χ1n) is 20.9. The van der Waals surface area contributed by atoms with E-state index < -0.39 is 44.7 Å². The van der Waals surface area contributed by atoms with Gasteiger partial charge in [-0.25, -0.2) is 4.57 Å². The molecule has 324 valence electrons. The van der Waals surface area contributed by atoms with Gasteiger partial charge < -0.3 is 30.3 Å². The first-order valence-corrected chi connectivity index (χ1v) is 22.4. The lowest BCUT2D eigenvalue weighted by Crippen LogP contribution is -2.30. The summed E-state index contributed by atoms with van der Waals surface area (Å²) in [5.41, 5.74) is 5.32. The molecule has 0 aromatic heterocycles. The van der Waals surface area contributed by atoms with Gasteiger partial charge in [0.2, 0.25) is 0 Å². The fraction of sp³-hybridized carbons (Fsp3) is 0.600. The molecule has 0 saturated carbocycles.